The van der Waals surface area contributed by atoms with Gasteiger partial charge < -0.3 is 9.32 Å². The molecule has 0 saturated carbocycles. The Bertz CT molecular complexity index is 1570. The Hall–Kier alpha value is -4.16. The highest BCUT2D eigenvalue weighted by Crippen LogP contribution is 2.27. The molecular formula is C29H24ClN3O3. The van der Waals surface area contributed by atoms with Gasteiger partial charge in [-0.15, -0.1) is 0 Å². The van der Waals surface area contributed by atoms with Gasteiger partial charge in [-0.25, -0.2) is 4.98 Å². The van der Waals surface area contributed by atoms with Crippen molar-refractivity contribution in [3.05, 3.63) is 129 Å². The lowest BCUT2D eigenvalue weighted by Gasteiger charge is -2.30. The molecule has 0 aliphatic heterocycles. The second-order valence-electron chi connectivity index (χ2n) is 8.66. The number of benzene rings is 3. The van der Waals surface area contributed by atoms with Crippen molar-refractivity contribution in [2.75, 3.05) is 0 Å². The Morgan fingerprint density at radius 2 is 1.72 bits per heavy atom. The van der Waals surface area contributed by atoms with Gasteiger partial charge in [-0.2, -0.15) is 0 Å². The van der Waals surface area contributed by atoms with Crippen molar-refractivity contribution in [1.29, 1.82) is 0 Å². The summed E-state index contributed by atoms with van der Waals surface area (Å²) in [6.45, 7) is 4.06. The largest absolute Gasteiger partial charge is 0.467 e. The van der Waals surface area contributed by atoms with Crippen molar-refractivity contribution >= 4 is 28.4 Å². The summed E-state index contributed by atoms with van der Waals surface area (Å²) in [6, 6.07) is 24.7. The monoisotopic (exact) mass is 497 g/mol. The molecule has 0 spiro atoms. The highest BCUT2D eigenvalue weighted by atomic mass is 35.5. The van der Waals surface area contributed by atoms with E-state index in [0.29, 0.717) is 38.8 Å². The number of rotatable bonds is 6. The van der Waals surface area contributed by atoms with Gasteiger partial charge in [0, 0.05) is 10.6 Å². The zero-order chi connectivity index (χ0) is 25.2. The molecule has 7 heteroatoms. The number of halogens is 1. The molecule has 5 rings (SSSR count). The summed E-state index contributed by atoms with van der Waals surface area (Å²) in [6.07, 6.45) is 1.57. The minimum Gasteiger partial charge on any atom is -0.467 e. The van der Waals surface area contributed by atoms with Crippen molar-refractivity contribution < 1.29 is 9.21 Å². The first kappa shape index (κ1) is 23.6. The van der Waals surface area contributed by atoms with E-state index in [1.54, 1.807) is 52.1 Å². The summed E-state index contributed by atoms with van der Waals surface area (Å²) in [4.78, 5) is 34.1. The number of hydrogen-bond acceptors (Lipinski definition) is 4. The van der Waals surface area contributed by atoms with Crippen LogP contribution in [0.15, 0.2) is 100 Å². The fraction of sp³-hybridized carbons (Fsp3) is 0.138. The smallest absolute Gasteiger partial charge is 0.266 e. The van der Waals surface area contributed by atoms with E-state index >= 15 is 0 Å². The van der Waals surface area contributed by atoms with E-state index in [-0.39, 0.29) is 18.0 Å². The first-order valence-electron chi connectivity index (χ1n) is 11.6. The third-order valence-electron chi connectivity index (χ3n) is 6.19. The Labute approximate surface area is 213 Å². The summed E-state index contributed by atoms with van der Waals surface area (Å²) in [5.41, 5.74) is 2.62. The van der Waals surface area contributed by atoms with Crippen LogP contribution in [-0.4, -0.2) is 20.4 Å². The van der Waals surface area contributed by atoms with Crippen molar-refractivity contribution in [2.24, 2.45) is 0 Å². The Morgan fingerprint density at radius 1 is 1.00 bits per heavy atom. The van der Waals surface area contributed by atoms with Crippen molar-refractivity contribution in [2.45, 2.75) is 26.4 Å². The molecule has 1 atom stereocenters. The van der Waals surface area contributed by atoms with Gasteiger partial charge in [-0.1, -0.05) is 41.4 Å². The molecule has 2 heterocycles. The van der Waals surface area contributed by atoms with Crippen LogP contribution in [0.5, 0.6) is 0 Å². The van der Waals surface area contributed by atoms with Gasteiger partial charge in [0.25, 0.3) is 11.5 Å². The summed E-state index contributed by atoms with van der Waals surface area (Å²) in [5, 5.41) is 1.05. The first-order valence-corrected chi connectivity index (χ1v) is 12.0. The van der Waals surface area contributed by atoms with Gasteiger partial charge in [-0.3, -0.25) is 14.2 Å². The van der Waals surface area contributed by atoms with Crippen molar-refractivity contribution in [1.82, 2.24) is 14.5 Å². The van der Waals surface area contributed by atoms with Gasteiger partial charge in [0.1, 0.15) is 11.6 Å². The van der Waals surface area contributed by atoms with Gasteiger partial charge in [0.2, 0.25) is 0 Å². The van der Waals surface area contributed by atoms with Crippen LogP contribution in [0.4, 0.5) is 0 Å². The average Bonchev–Trinajstić information content (AvgIpc) is 3.41. The fourth-order valence-corrected chi connectivity index (χ4v) is 4.35. The maximum absolute atomic E-state index is 13.8. The van der Waals surface area contributed by atoms with E-state index in [4.69, 9.17) is 21.0 Å². The summed E-state index contributed by atoms with van der Waals surface area (Å²) in [5.74, 6) is 0.846. The van der Waals surface area contributed by atoms with Crippen LogP contribution in [0.2, 0.25) is 5.02 Å². The lowest BCUT2D eigenvalue weighted by molar-refractivity contribution is 0.0648. The number of para-hydroxylation sites is 1. The van der Waals surface area contributed by atoms with Crippen LogP contribution in [0.1, 0.15) is 40.5 Å². The SMILES string of the molecule is Cc1ccc(-n2c(C(C)N(Cc3ccco3)C(=O)c3ccc(Cl)cc3)nc3ccccc3c2=O)cc1. The third kappa shape index (κ3) is 4.55. The summed E-state index contributed by atoms with van der Waals surface area (Å²) in [7, 11) is 0. The molecule has 3 aromatic carbocycles. The topological polar surface area (TPSA) is 68.3 Å². The lowest BCUT2D eigenvalue weighted by Crippen LogP contribution is -2.37. The number of aryl methyl sites for hydroxylation is 1. The molecule has 6 nitrogen and oxygen atoms in total. The maximum atomic E-state index is 13.8. The Morgan fingerprint density at radius 3 is 2.42 bits per heavy atom. The van der Waals surface area contributed by atoms with Crippen LogP contribution in [0.25, 0.3) is 16.6 Å². The predicted molar refractivity (Wildman–Crippen MR) is 141 cm³/mol. The van der Waals surface area contributed by atoms with Gasteiger partial charge in [0.15, 0.2) is 0 Å². The normalized spacial score (nSPS) is 12.0. The molecule has 0 radical (unpaired) electrons. The molecule has 36 heavy (non-hydrogen) atoms. The zero-order valence-corrected chi connectivity index (χ0v) is 20.6. The molecule has 0 aliphatic carbocycles. The highest BCUT2D eigenvalue weighted by molar-refractivity contribution is 6.30. The third-order valence-corrected chi connectivity index (χ3v) is 6.45. The van der Waals surface area contributed by atoms with Crippen LogP contribution >= 0.6 is 11.6 Å². The number of nitrogens with zero attached hydrogens (tertiary/aromatic N) is 3. The van der Waals surface area contributed by atoms with Crippen molar-refractivity contribution in [3.63, 3.8) is 0 Å². The van der Waals surface area contributed by atoms with Crippen molar-refractivity contribution in [3.8, 4) is 5.69 Å². The number of amides is 1. The highest BCUT2D eigenvalue weighted by Gasteiger charge is 2.28. The molecule has 0 aliphatic rings. The van der Waals surface area contributed by atoms with E-state index in [1.807, 2.05) is 62.4 Å². The Kier molecular flexibility index (Phi) is 6.44. The molecule has 5 aromatic rings. The first-order chi connectivity index (χ1) is 17.4. The standard InChI is InChI=1S/C29H24ClN3O3/c1-19-9-15-23(16-10-19)33-27(31-26-8-4-3-7-25(26)29(33)35)20(2)32(18-24-6-5-17-36-24)28(34)21-11-13-22(30)14-12-21/h3-17,20H,18H2,1-2H3. The number of furan rings is 1. The fourth-order valence-electron chi connectivity index (χ4n) is 4.23. The van der Waals surface area contributed by atoms with Crippen LogP contribution in [0, 0.1) is 6.92 Å². The zero-order valence-electron chi connectivity index (χ0n) is 19.9. The maximum Gasteiger partial charge on any atom is 0.266 e. The van der Waals surface area contributed by atoms with Crippen LogP contribution in [-0.2, 0) is 6.54 Å². The molecule has 1 unspecified atom stereocenters. The minimum atomic E-state index is -0.572. The summed E-state index contributed by atoms with van der Waals surface area (Å²) >= 11 is 6.05. The number of carbonyl (C=O) groups excluding carboxylic acids is 1. The molecule has 2 aromatic heterocycles. The second kappa shape index (κ2) is 9.84. The van der Waals surface area contributed by atoms with Gasteiger partial charge in [-0.05, 0) is 74.5 Å². The number of hydrogen-bond donors (Lipinski definition) is 0. The second-order valence-corrected chi connectivity index (χ2v) is 9.09. The van der Waals surface area contributed by atoms with E-state index < -0.39 is 6.04 Å². The quantitative estimate of drug-likeness (QED) is 0.274. The molecule has 0 bridgehead atoms. The molecular weight excluding hydrogens is 474 g/mol. The van der Waals surface area contributed by atoms with E-state index in [9.17, 15) is 9.59 Å². The molecule has 1 amide bonds. The molecule has 0 N–H and O–H groups in total. The average molecular weight is 498 g/mol. The van der Waals surface area contributed by atoms with Crippen LogP contribution < -0.4 is 5.56 Å². The number of carbonyl (C=O) groups is 1. The van der Waals surface area contributed by atoms with Gasteiger partial charge >= 0.3 is 0 Å². The summed E-state index contributed by atoms with van der Waals surface area (Å²) < 4.78 is 7.17. The minimum absolute atomic E-state index is 0.191. The van der Waals surface area contributed by atoms with Gasteiger partial charge in [0.05, 0.1) is 35.4 Å². The Balaban J connectivity index is 1.69. The number of aromatic nitrogens is 2. The molecule has 180 valence electrons. The lowest BCUT2D eigenvalue weighted by atomic mass is 10.1. The number of fused-ring (bicyclic) bond motifs is 1. The van der Waals surface area contributed by atoms with E-state index in [0.717, 1.165) is 5.56 Å². The molecule has 0 fully saturated rings. The predicted octanol–water partition coefficient (Wildman–Crippen LogP) is 6.34. The van der Waals surface area contributed by atoms with Crippen LogP contribution in [0.3, 0.4) is 0 Å². The van der Waals surface area contributed by atoms with E-state index in [1.165, 1.54) is 0 Å². The van der Waals surface area contributed by atoms with E-state index in [2.05, 4.69) is 0 Å². The molecule has 0 saturated heterocycles.